The van der Waals surface area contributed by atoms with Gasteiger partial charge in [0.05, 0.1) is 16.4 Å². The fraction of sp³-hybridized carbons (Fsp3) is 0.0137. The number of hydrogen-bond acceptors (Lipinski definition) is 2. The van der Waals surface area contributed by atoms with Gasteiger partial charge >= 0.3 is 0 Å². The topological polar surface area (TPSA) is 21.3 Å². The molecule has 15 rings (SSSR count). The lowest BCUT2D eigenvalue weighted by Gasteiger charge is -2.34. The highest BCUT2D eigenvalue weighted by Crippen LogP contribution is 2.57. The first-order valence-corrected chi connectivity index (χ1v) is 26.1. The van der Waals surface area contributed by atoms with Gasteiger partial charge in [-0.2, -0.15) is 0 Å². The summed E-state index contributed by atoms with van der Waals surface area (Å²) >= 11 is 0. The van der Waals surface area contributed by atoms with Crippen molar-refractivity contribution in [1.29, 1.82) is 0 Å². The summed E-state index contributed by atoms with van der Waals surface area (Å²) in [4.78, 5) is 2.41. The molecule has 356 valence electrons. The number of benzene rings is 12. The smallest absolute Gasteiger partial charge is 0.135 e. The van der Waals surface area contributed by atoms with Crippen LogP contribution in [-0.4, -0.2) is 4.57 Å². The van der Waals surface area contributed by atoms with Crippen LogP contribution in [0.2, 0.25) is 0 Å². The Bertz CT molecular complexity index is 4380. The molecule has 0 atom stereocenters. The summed E-state index contributed by atoms with van der Waals surface area (Å²) in [7, 11) is 0. The van der Waals surface area contributed by atoms with Gasteiger partial charge in [-0.05, 0) is 146 Å². The van der Waals surface area contributed by atoms with E-state index in [-0.39, 0.29) is 0 Å². The van der Waals surface area contributed by atoms with Gasteiger partial charge in [-0.25, -0.2) is 0 Å². The molecule has 0 fully saturated rings. The maximum absolute atomic E-state index is 6.13. The van der Waals surface area contributed by atoms with Crippen LogP contribution in [0.25, 0.3) is 93.9 Å². The molecule has 2 aromatic heterocycles. The molecule has 0 bridgehead atoms. The number of para-hydroxylation sites is 3. The standard InChI is InChI=1S/C73H48N2O/c1-3-15-55(16-4-1)73(56-17-5-2-6-18-56)67-23-11-7-19-61(67)65-48-60(44-45-68(65)73)74(57-38-31-50(32-39-57)49-27-29-53(30-28-49)54-37-46-72-66(47-54)64-22-10-14-26-71(64)76-72)58-40-33-51(34-41-58)52-35-42-59(43-36-52)75-69-24-12-8-20-62(69)63-21-9-13-25-70(63)75/h1-48H. The van der Waals surface area contributed by atoms with Gasteiger partial charge in [-0.15, -0.1) is 0 Å². The van der Waals surface area contributed by atoms with Crippen LogP contribution in [0.1, 0.15) is 22.3 Å². The third kappa shape index (κ3) is 6.90. The Kier molecular flexibility index (Phi) is 10.1. The van der Waals surface area contributed by atoms with Gasteiger partial charge in [0.2, 0.25) is 0 Å². The molecule has 76 heavy (non-hydrogen) atoms. The summed E-state index contributed by atoms with van der Waals surface area (Å²) in [5.41, 5.74) is 22.7. The van der Waals surface area contributed by atoms with Gasteiger partial charge in [0, 0.05) is 44.3 Å². The minimum Gasteiger partial charge on any atom is -0.456 e. The molecule has 0 amide bonds. The van der Waals surface area contributed by atoms with E-state index in [1.807, 2.05) is 12.1 Å². The number of anilines is 3. The third-order valence-corrected chi connectivity index (χ3v) is 15.9. The zero-order chi connectivity index (χ0) is 50.2. The molecule has 0 aliphatic heterocycles. The number of aromatic nitrogens is 1. The van der Waals surface area contributed by atoms with Gasteiger partial charge in [0.15, 0.2) is 0 Å². The van der Waals surface area contributed by atoms with Crippen molar-refractivity contribution in [3.05, 3.63) is 313 Å². The van der Waals surface area contributed by atoms with Gasteiger partial charge < -0.3 is 13.9 Å². The maximum Gasteiger partial charge on any atom is 0.135 e. The summed E-state index contributed by atoms with van der Waals surface area (Å²) < 4.78 is 8.51. The van der Waals surface area contributed by atoms with E-state index in [0.717, 1.165) is 61.4 Å². The highest BCUT2D eigenvalue weighted by Gasteiger charge is 2.46. The highest BCUT2D eigenvalue weighted by atomic mass is 16.3. The molecular weight excluding hydrogens is 921 g/mol. The Morgan fingerprint density at radius 2 is 0.724 bits per heavy atom. The van der Waals surface area contributed by atoms with Crippen molar-refractivity contribution in [1.82, 2.24) is 4.57 Å². The van der Waals surface area contributed by atoms with Crippen molar-refractivity contribution >= 4 is 60.8 Å². The zero-order valence-electron chi connectivity index (χ0n) is 41.5. The van der Waals surface area contributed by atoms with Crippen LogP contribution in [0.15, 0.2) is 296 Å². The quantitative estimate of drug-likeness (QED) is 0.144. The Labute approximate surface area is 441 Å². The van der Waals surface area contributed by atoms with Gasteiger partial charge in [-0.3, -0.25) is 0 Å². The molecule has 0 spiro atoms. The second-order valence-corrected chi connectivity index (χ2v) is 20.0. The number of hydrogen-bond donors (Lipinski definition) is 0. The van der Waals surface area contributed by atoms with Crippen molar-refractivity contribution < 1.29 is 4.42 Å². The Morgan fingerprint density at radius 3 is 1.33 bits per heavy atom. The van der Waals surface area contributed by atoms with Crippen molar-refractivity contribution in [3.63, 3.8) is 0 Å². The molecule has 2 heterocycles. The maximum atomic E-state index is 6.13. The largest absolute Gasteiger partial charge is 0.456 e. The second-order valence-electron chi connectivity index (χ2n) is 20.0. The number of furan rings is 1. The summed E-state index contributed by atoms with van der Waals surface area (Å²) in [6.45, 7) is 0. The Hall–Kier alpha value is -9.96. The van der Waals surface area contributed by atoms with Crippen LogP contribution in [0.4, 0.5) is 17.1 Å². The van der Waals surface area contributed by atoms with Crippen LogP contribution < -0.4 is 4.90 Å². The molecule has 12 aromatic carbocycles. The van der Waals surface area contributed by atoms with Crippen molar-refractivity contribution in [2.45, 2.75) is 5.41 Å². The van der Waals surface area contributed by atoms with E-state index in [2.05, 4.69) is 289 Å². The zero-order valence-corrected chi connectivity index (χ0v) is 41.5. The second kappa shape index (κ2) is 17.6. The molecule has 3 nitrogen and oxygen atoms in total. The van der Waals surface area contributed by atoms with Crippen molar-refractivity contribution in [2.75, 3.05) is 4.90 Å². The van der Waals surface area contributed by atoms with Crippen LogP contribution in [0.3, 0.4) is 0 Å². The fourth-order valence-electron chi connectivity index (χ4n) is 12.4. The first-order chi connectivity index (χ1) is 37.7. The molecule has 0 radical (unpaired) electrons. The van der Waals surface area contributed by atoms with Crippen LogP contribution in [0.5, 0.6) is 0 Å². The van der Waals surface area contributed by atoms with Gasteiger partial charge in [0.1, 0.15) is 11.2 Å². The molecule has 0 N–H and O–H groups in total. The first-order valence-electron chi connectivity index (χ1n) is 26.1. The third-order valence-electron chi connectivity index (χ3n) is 15.9. The number of nitrogens with zero attached hydrogens (tertiary/aromatic N) is 2. The molecular formula is C73H48N2O. The minimum atomic E-state index is -0.478. The van der Waals surface area contributed by atoms with Gasteiger partial charge in [0.25, 0.3) is 0 Å². The van der Waals surface area contributed by atoms with Crippen LogP contribution >= 0.6 is 0 Å². The summed E-state index contributed by atoms with van der Waals surface area (Å²) in [5.74, 6) is 0. The lowest BCUT2D eigenvalue weighted by molar-refractivity contribution is 0.669. The monoisotopic (exact) mass is 968 g/mol. The van der Waals surface area contributed by atoms with E-state index >= 15 is 0 Å². The normalized spacial score (nSPS) is 12.6. The molecule has 1 aliphatic rings. The highest BCUT2D eigenvalue weighted by molar-refractivity contribution is 6.09. The molecule has 0 saturated heterocycles. The van der Waals surface area contributed by atoms with E-state index in [1.165, 1.54) is 71.9 Å². The van der Waals surface area contributed by atoms with E-state index in [0.29, 0.717) is 0 Å². The predicted molar refractivity (Wildman–Crippen MR) is 316 cm³/mol. The Morgan fingerprint density at radius 1 is 0.289 bits per heavy atom. The van der Waals surface area contributed by atoms with E-state index in [9.17, 15) is 0 Å². The van der Waals surface area contributed by atoms with E-state index in [1.54, 1.807) is 0 Å². The average Bonchev–Trinajstić information content (AvgIpc) is 4.18. The molecule has 14 aromatic rings. The molecule has 0 unspecified atom stereocenters. The SMILES string of the molecule is c1ccc(C2(c3ccccc3)c3ccccc3-c3cc(N(c4ccc(-c5ccc(-c6ccc7oc8ccccc8c7c6)cc5)cc4)c4ccc(-c5ccc(-n6c7ccccc7c7ccccc76)cc5)cc4)ccc32)cc1. The predicted octanol–water partition coefficient (Wildman–Crippen LogP) is 19.5. The van der Waals surface area contributed by atoms with Crippen LogP contribution in [0, 0.1) is 0 Å². The first kappa shape index (κ1) is 43.6. The fourth-order valence-corrected chi connectivity index (χ4v) is 12.4. The number of rotatable bonds is 9. The summed E-state index contributed by atoms with van der Waals surface area (Å²) in [6, 6.07) is 106. The average molecular weight is 969 g/mol. The minimum absolute atomic E-state index is 0.478. The molecule has 0 saturated carbocycles. The van der Waals surface area contributed by atoms with E-state index in [4.69, 9.17) is 4.42 Å². The Balaban J connectivity index is 0.812. The molecule has 3 heteroatoms. The lowest BCUT2D eigenvalue weighted by Crippen LogP contribution is -2.28. The lowest BCUT2D eigenvalue weighted by atomic mass is 9.68. The van der Waals surface area contributed by atoms with Gasteiger partial charge in [-0.1, -0.05) is 212 Å². The van der Waals surface area contributed by atoms with E-state index < -0.39 is 5.41 Å². The summed E-state index contributed by atoms with van der Waals surface area (Å²) in [5, 5.41) is 4.80. The van der Waals surface area contributed by atoms with Crippen molar-refractivity contribution in [3.8, 4) is 50.2 Å². The van der Waals surface area contributed by atoms with Crippen molar-refractivity contribution in [2.24, 2.45) is 0 Å². The number of fused-ring (bicyclic) bond motifs is 9. The summed E-state index contributed by atoms with van der Waals surface area (Å²) in [6.07, 6.45) is 0. The molecule has 1 aliphatic carbocycles. The van der Waals surface area contributed by atoms with Crippen LogP contribution in [-0.2, 0) is 5.41 Å².